The quantitative estimate of drug-likeness (QED) is 0.575. The predicted octanol–water partition coefficient (Wildman–Crippen LogP) is 5.59. The normalized spacial score (nSPS) is 10.8. The monoisotopic (exact) mass is 402 g/mol. The molecule has 0 saturated carbocycles. The number of benzene rings is 2. The molecule has 0 radical (unpaired) electrons. The Hall–Kier alpha value is -1.85. The summed E-state index contributed by atoms with van der Waals surface area (Å²) < 4.78 is 6.99. The summed E-state index contributed by atoms with van der Waals surface area (Å²) in [7, 11) is 1.99. The van der Waals surface area contributed by atoms with Crippen LogP contribution in [0.3, 0.4) is 0 Å². The average molecular weight is 403 g/mol. The number of nitrogens with one attached hydrogen (secondary N) is 1. The van der Waals surface area contributed by atoms with E-state index in [1.807, 2.05) is 54.4 Å². The zero-order chi connectivity index (χ0) is 17.1. The van der Waals surface area contributed by atoms with Crippen molar-refractivity contribution in [2.45, 2.75) is 19.9 Å². The number of thiocarbonyl (C=S) groups is 1. The third kappa shape index (κ3) is 3.62. The van der Waals surface area contributed by atoms with Gasteiger partial charge in [0.2, 0.25) is 0 Å². The fraction of sp³-hybridized carbons (Fsp3) is 0.211. The molecule has 2 aromatic carbocycles. The smallest absolute Gasteiger partial charge is 0.173 e. The van der Waals surface area contributed by atoms with Gasteiger partial charge >= 0.3 is 0 Å². The highest BCUT2D eigenvalue weighted by molar-refractivity contribution is 9.10. The van der Waals surface area contributed by atoms with E-state index in [1.165, 1.54) is 5.56 Å². The Bertz CT molecular complexity index is 875. The third-order valence-electron chi connectivity index (χ3n) is 3.92. The van der Waals surface area contributed by atoms with Crippen LogP contribution >= 0.6 is 28.1 Å². The number of rotatable bonds is 4. The number of para-hydroxylation sites is 1. The standard InChI is InChI=1S/C19H19BrN2OS/c1-3-17-16(15-9-4-5-10-18(15)23-17)12-22(2)19(24)21-14-8-6-7-13(20)11-14/h4-11H,3,12H2,1-2H3,(H,21,24). The second-order valence-corrected chi connectivity index (χ2v) is 6.95. The fourth-order valence-electron chi connectivity index (χ4n) is 2.70. The maximum atomic E-state index is 5.97. The van der Waals surface area contributed by atoms with E-state index in [0.717, 1.165) is 33.3 Å². The number of furan rings is 1. The molecule has 0 spiro atoms. The largest absolute Gasteiger partial charge is 0.461 e. The molecule has 3 rings (SSSR count). The molecule has 0 aliphatic carbocycles. The van der Waals surface area contributed by atoms with E-state index in [4.69, 9.17) is 16.6 Å². The van der Waals surface area contributed by atoms with E-state index >= 15 is 0 Å². The van der Waals surface area contributed by atoms with Crippen LogP contribution in [0.25, 0.3) is 11.0 Å². The van der Waals surface area contributed by atoms with Gasteiger partial charge < -0.3 is 14.6 Å². The van der Waals surface area contributed by atoms with Gasteiger partial charge in [-0.05, 0) is 36.5 Å². The topological polar surface area (TPSA) is 28.4 Å². The molecule has 1 heterocycles. The Labute approximate surface area is 155 Å². The molecular formula is C19H19BrN2OS. The van der Waals surface area contributed by atoms with Gasteiger partial charge in [0, 0.05) is 41.1 Å². The van der Waals surface area contributed by atoms with Crippen molar-refractivity contribution in [3.05, 3.63) is 64.3 Å². The lowest BCUT2D eigenvalue weighted by atomic mass is 10.1. The lowest BCUT2D eigenvalue weighted by molar-refractivity contribution is 0.488. The number of hydrogen-bond donors (Lipinski definition) is 1. The van der Waals surface area contributed by atoms with Crippen molar-refractivity contribution in [3.8, 4) is 0 Å². The molecule has 0 aliphatic rings. The summed E-state index contributed by atoms with van der Waals surface area (Å²) in [5.74, 6) is 1.02. The van der Waals surface area contributed by atoms with E-state index in [-0.39, 0.29) is 0 Å². The lowest BCUT2D eigenvalue weighted by Gasteiger charge is -2.21. The molecule has 5 heteroatoms. The van der Waals surface area contributed by atoms with Crippen LogP contribution in [-0.2, 0) is 13.0 Å². The summed E-state index contributed by atoms with van der Waals surface area (Å²) in [4.78, 5) is 2.03. The van der Waals surface area contributed by atoms with Crippen molar-refractivity contribution >= 4 is 49.9 Å². The van der Waals surface area contributed by atoms with E-state index < -0.39 is 0 Å². The van der Waals surface area contributed by atoms with Crippen molar-refractivity contribution in [1.29, 1.82) is 0 Å². The van der Waals surface area contributed by atoms with Crippen LogP contribution in [0.15, 0.2) is 57.4 Å². The minimum Gasteiger partial charge on any atom is -0.461 e. The van der Waals surface area contributed by atoms with Crippen molar-refractivity contribution in [1.82, 2.24) is 4.90 Å². The second kappa shape index (κ2) is 7.36. The Morgan fingerprint density at radius 1 is 1.21 bits per heavy atom. The minimum absolute atomic E-state index is 0.681. The van der Waals surface area contributed by atoms with Crippen LogP contribution in [-0.4, -0.2) is 17.1 Å². The Morgan fingerprint density at radius 2 is 2.00 bits per heavy atom. The Balaban J connectivity index is 1.79. The summed E-state index contributed by atoms with van der Waals surface area (Å²) in [6.07, 6.45) is 0.865. The fourth-order valence-corrected chi connectivity index (χ4v) is 3.28. The molecule has 1 N–H and O–H groups in total. The van der Waals surface area contributed by atoms with Gasteiger partial charge in [-0.15, -0.1) is 0 Å². The highest BCUT2D eigenvalue weighted by Crippen LogP contribution is 2.27. The average Bonchev–Trinajstić information content (AvgIpc) is 2.92. The highest BCUT2D eigenvalue weighted by Gasteiger charge is 2.15. The van der Waals surface area contributed by atoms with Crippen LogP contribution in [0.2, 0.25) is 0 Å². The maximum absolute atomic E-state index is 5.97. The molecule has 3 nitrogen and oxygen atoms in total. The summed E-state index contributed by atoms with van der Waals surface area (Å²) in [5, 5.41) is 5.12. The summed E-state index contributed by atoms with van der Waals surface area (Å²) >= 11 is 9.02. The van der Waals surface area contributed by atoms with Crippen molar-refractivity contribution in [3.63, 3.8) is 0 Å². The molecule has 0 amide bonds. The molecule has 0 unspecified atom stereocenters. The summed E-state index contributed by atoms with van der Waals surface area (Å²) in [6, 6.07) is 16.1. The van der Waals surface area contributed by atoms with E-state index in [2.05, 4.69) is 34.2 Å². The maximum Gasteiger partial charge on any atom is 0.173 e. The molecule has 3 aromatic rings. The van der Waals surface area contributed by atoms with Crippen LogP contribution in [0.4, 0.5) is 5.69 Å². The number of halogens is 1. The van der Waals surface area contributed by atoms with E-state index in [1.54, 1.807) is 0 Å². The van der Waals surface area contributed by atoms with Gasteiger partial charge in [0.1, 0.15) is 11.3 Å². The zero-order valence-electron chi connectivity index (χ0n) is 13.7. The molecule has 124 valence electrons. The molecule has 0 bridgehead atoms. The van der Waals surface area contributed by atoms with Gasteiger partial charge in [-0.25, -0.2) is 0 Å². The first-order valence-corrected chi connectivity index (χ1v) is 9.05. The molecule has 1 aromatic heterocycles. The Kier molecular flexibility index (Phi) is 5.21. The number of nitrogens with zero attached hydrogens (tertiary/aromatic N) is 1. The second-order valence-electron chi connectivity index (χ2n) is 5.65. The highest BCUT2D eigenvalue weighted by atomic mass is 79.9. The minimum atomic E-state index is 0.681. The number of fused-ring (bicyclic) bond motifs is 1. The SMILES string of the molecule is CCc1oc2ccccc2c1CN(C)C(=S)Nc1cccc(Br)c1. The number of anilines is 1. The first-order valence-electron chi connectivity index (χ1n) is 7.85. The first kappa shape index (κ1) is 17.0. The van der Waals surface area contributed by atoms with E-state index in [0.29, 0.717) is 11.7 Å². The van der Waals surface area contributed by atoms with Crippen molar-refractivity contribution < 1.29 is 4.42 Å². The van der Waals surface area contributed by atoms with Crippen LogP contribution in [0.5, 0.6) is 0 Å². The van der Waals surface area contributed by atoms with Gasteiger partial charge in [-0.3, -0.25) is 0 Å². The van der Waals surface area contributed by atoms with Gasteiger partial charge in [0.15, 0.2) is 5.11 Å². The van der Waals surface area contributed by atoms with Gasteiger partial charge in [-0.2, -0.15) is 0 Å². The van der Waals surface area contributed by atoms with Gasteiger partial charge in [-0.1, -0.05) is 47.1 Å². The van der Waals surface area contributed by atoms with Crippen LogP contribution in [0, 0.1) is 0 Å². The predicted molar refractivity (Wildman–Crippen MR) is 107 cm³/mol. The molecule has 24 heavy (non-hydrogen) atoms. The lowest BCUT2D eigenvalue weighted by Crippen LogP contribution is -2.30. The van der Waals surface area contributed by atoms with Crippen molar-refractivity contribution in [2.75, 3.05) is 12.4 Å². The molecule has 0 atom stereocenters. The summed E-state index contributed by atoms with van der Waals surface area (Å²) in [6.45, 7) is 2.82. The number of aryl methyl sites for hydroxylation is 1. The first-order chi connectivity index (χ1) is 11.6. The van der Waals surface area contributed by atoms with Crippen LogP contribution < -0.4 is 5.32 Å². The molecule has 0 saturated heterocycles. The number of hydrogen-bond acceptors (Lipinski definition) is 2. The Morgan fingerprint density at radius 3 is 2.75 bits per heavy atom. The van der Waals surface area contributed by atoms with Gasteiger partial charge in [0.05, 0.1) is 0 Å². The zero-order valence-corrected chi connectivity index (χ0v) is 16.1. The molecule has 0 aliphatic heterocycles. The van der Waals surface area contributed by atoms with Crippen LogP contribution in [0.1, 0.15) is 18.2 Å². The van der Waals surface area contributed by atoms with E-state index in [9.17, 15) is 0 Å². The summed E-state index contributed by atoms with van der Waals surface area (Å²) in [5.41, 5.74) is 3.10. The van der Waals surface area contributed by atoms with Gasteiger partial charge in [0.25, 0.3) is 0 Å². The molecule has 0 fully saturated rings. The molecular weight excluding hydrogens is 384 g/mol. The third-order valence-corrected chi connectivity index (χ3v) is 4.83. The van der Waals surface area contributed by atoms with Crippen molar-refractivity contribution in [2.24, 2.45) is 0 Å².